The van der Waals surface area contributed by atoms with Crippen LogP contribution in [0, 0.1) is 16.2 Å². The van der Waals surface area contributed by atoms with Gasteiger partial charge in [-0.3, -0.25) is 0 Å². The Hall–Kier alpha value is -2.48. The Morgan fingerprint density at radius 1 is 1.50 bits per heavy atom. The van der Waals surface area contributed by atoms with Crippen LogP contribution in [0.1, 0.15) is 29.3 Å². The Balaban J connectivity index is 2.09. The van der Waals surface area contributed by atoms with Crippen molar-refractivity contribution in [2.24, 2.45) is 5.18 Å². The molecule has 0 fully saturated rings. The quantitative estimate of drug-likeness (QED) is 0.755. The molecule has 0 saturated heterocycles. The molecule has 0 N–H and O–H groups in total. The maximum Gasteiger partial charge on any atom is 0.114 e. The second kappa shape index (κ2) is 4.08. The normalized spacial score (nSPS) is 17.2. The maximum atomic E-state index is 10.9. The smallest absolute Gasteiger partial charge is 0.114 e. The van der Waals surface area contributed by atoms with Gasteiger partial charge in [-0.2, -0.15) is 5.26 Å². The highest BCUT2D eigenvalue weighted by Crippen LogP contribution is 2.36. The molecule has 0 bridgehead atoms. The molecule has 3 rings (SSSR count). The van der Waals surface area contributed by atoms with Crippen LogP contribution >= 0.6 is 0 Å². The molecule has 18 heavy (non-hydrogen) atoms. The second-order valence-corrected chi connectivity index (χ2v) is 4.32. The van der Waals surface area contributed by atoms with Gasteiger partial charge in [-0.15, -0.1) is 4.91 Å². The number of fused-ring (bicyclic) bond motifs is 1. The van der Waals surface area contributed by atoms with E-state index in [2.05, 4.69) is 14.7 Å². The van der Waals surface area contributed by atoms with Crippen LogP contribution < -0.4 is 0 Å². The van der Waals surface area contributed by atoms with Crippen LogP contribution in [-0.4, -0.2) is 9.55 Å². The van der Waals surface area contributed by atoms with E-state index in [1.54, 1.807) is 12.4 Å². The van der Waals surface area contributed by atoms with Crippen molar-refractivity contribution in [1.82, 2.24) is 9.55 Å². The molecule has 88 valence electrons. The lowest BCUT2D eigenvalue weighted by molar-refractivity contribution is 0.616. The molecule has 1 aromatic carbocycles. The Morgan fingerprint density at radius 2 is 2.39 bits per heavy atom. The summed E-state index contributed by atoms with van der Waals surface area (Å²) in [5, 5.41) is 11.9. The van der Waals surface area contributed by atoms with E-state index < -0.39 is 0 Å². The molecule has 2 heterocycles. The lowest BCUT2D eigenvalue weighted by Crippen LogP contribution is -2.04. The van der Waals surface area contributed by atoms with Crippen molar-refractivity contribution < 1.29 is 0 Å². The molecule has 5 heteroatoms. The van der Waals surface area contributed by atoms with Crippen molar-refractivity contribution in [3.8, 4) is 6.07 Å². The van der Waals surface area contributed by atoms with Crippen LogP contribution in [0.2, 0.25) is 0 Å². The van der Waals surface area contributed by atoms with Gasteiger partial charge >= 0.3 is 0 Å². The summed E-state index contributed by atoms with van der Waals surface area (Å²) in [5.41, 5.74) is 2.83. The molecular formula is C13H10N4O. The predicted octanol–water partition coefficient (Wildman–Crippen LogP) is 2.69. The molecule has 0 saturated carbocycles. The van der Waals surface area contributed by atoms with Gasteiger partial charge in [0.25, 0.3) is 0 Å². The molecule has 0 spiro atoms. The monoisotopic (exact) mass is 238 g/mol. The Labute approximate surface area is 104 Å². The van der Waals surface area contributed by atoms with E-state index in [1.807, 2.05) is 18.3 Å². The number of nitrogens with zero attached hydrogens (tertiary/aromatic N) is 4. The van der Waals surface area contributed by atoms with Gasteiger partial charge in [0.2, 0.25) is 0 Å². The summed E-state index contributed by atoms with van der Waals surface area (Å²) in [6.45, 7) is 0. The molecule has 1 unspecified atom stereocenters. The highest BCUT2D eigenvalue weighted by Gasteiger charge is 2.25. The lowest BCUT2D eigenvalue weighted by Gasteiger charge is -2.14. The van der Waals surface area contributed by atoms with Gasteiger partial charge in [-0.1, -0.05) is 6.07 Å². The van der Waals surface area contributed by atoms with Crippen LogP contribution in [0.4, 0.5) is 5.69 Å². The second-order valence-electron chi connectivity index (χ2n) is 4.32. The van der Waals surface area contributed by atoms with Crippen molar-refractivity contribution in [3.05, 3.63) is 52.5 Å². The minimum atomic E-state index is 0.0999. The van der Waals surface area contributed by atoms with Crippen LogP contribution in [0.15, 0.2) is 35.9 Å². The molecule has 0 aliphatic carbocycles. The number of nitriles is 1. The number of aryl methyl sites for hydroxylation is 1. The summed E-state index contributed by atoms with van der Waals surface area (Å²) >= 11 is 0. The summed E-state index contributed by atoms with van der Waals surface area (Å²) in [6, 6.07) is 7.19. The van der Waals surface area contributed by atoms with Crippen LogP contribution in [0.3, 0.4) is 0 Å². The van der Waals surface area contributed by atoms with Crippen molar-refractivity contribution in [1.29, 1.82) is 5.26 Å². The highest BCUT2D eigenvalue weighted by atomic mass is 16.3. The Bertz CT molecular complexity index is 653. The van der Waals surface area contributed by atoms with Crippen molar-refractivity contribution >= 4 is 5.69 Å². The van der Waals surface area contributed by atoms with Gasteiger partial charge < -0.3 is 4.57 Å². The van der Waals surface area contributed by atoms with E-state index >= 15 is 0 Å². The summed E-state index contributed by atoms with van der Waals surface area (Å²) in [6.07, 6.45) is 5.51. The third-order valence-corrected chi connectivity index (χ3v) is 3.37. The molecule has 1 aromatic heterocycles. The largest absolute Gasteiger partial charge is 0.327 e. The molecule has 1 aliphatic heterocycles. The number of hydrogen-bond donors (Lipinski definition) is 0. The van der Waals surface area contributed by atoms with Gasteiger partial charge in [0.1, 0.15) is 5.69 Å². The van der Waals surface area contributed by atoms with E-state index in [0.717, 1.165) is 18.4 Å². The molecule has 0 amide bonds. The van der Waals surface area contributed by atoms with E-state index in [0.29, 0.717) is 11.3 Å². The Kier molecular flexibility index (Phi) is 2.41. The first kappa shape index (κ1) is 10.7. The lowest BCUT2D eigenvalue weighted by atomic mass is 10.0. The standard InChI is InChI=1S/C13H10N4O/c14-6-9-1-3-11(12(5-9)16-18)13-4-2-10-7-15-8-17(10)13/h1,3,5,7-8,13H,2,4H2. The zero-order valence-electron chi connectivity index (χ0n) is 9.58. The molecule has 1 atom stereocenters. The van der Waals surface area contributed by atoms with Crippen LogP contribution in [-0.2, 0) is 6.42 Å². The van der Waals surface area contributed by atoms with E-state index in [9.17, 15) is 4.91 Å². The third-order valence-electron chi connectivity index (χ3n) is 3.37. The number of nitroso groups, excluding NO2 is 1. The first-order chi connectivity index (χ1) is 8.83. The number of hydrogen-bond acceptors (Lipinski definition) is 4. The van der Waals surface area contributed by atoms with Gasteiger partial charge in [-0.25, -0.2) is 4.98 Å². The topological polar surface area (TPSA) is 71.0 Å². The molecule has 5 nitrogen and oxygen atoms in total. The average Bonchev–Trinajstić information content (AvgIpc) is 3.00. The minimum Gasteiger partial charge on any atom is -0.327 e. The van der Waals surface area contributed by atoms with Crippen LogP contribution in [0.25, 0.3) is 0 Å². The zero-order valence-corrected chi connectivity index (χ0v) is 9.58. The number of rotatable bonds is 2. The first-order valence-electron chi connectivity index (χ1n) is 5.71. The number of aromatic nitrogens is 2. The van der Waals surface area contributed by atoms with E-state index in [1.165, 1.54) is 11.8 Å². The van der Waals surface area contributed by atoms with Crippen LogP contribution in [0.5, 0.6) is 0 Å². The van der Waals surface area contributed by atoms with Crippen molar-refractivity contribution in [2.75, 3.05) is 0 Å². The third kappa shape index (κ3) is 1.51. The molecule has 0 radical (unpaired) electrons. The summed E-state index contributed by atoms with van der Waals surface area (Å²) < 4.78 is 2.07. The summed E-state index contributed by atoms with van der Waals surface area (Å²) in [5.74, 6) is 0. The maximum absolute atomic E-state index is 10.9. The van der Waals surface area contributed by atoms with E-state index in [-0.39, 0.29) is 6.04 Å². The fraction of sp³-hybridized carbons (Fsp3) is 0.231. The number of benzene rings is 1. The first-order valence-corrected chi connectivity index (χ1v) is 5.71. The van der Waals surface area contributed by atoms with Gasteiger partial charge in [0, 0.05) is 17.5 Å². The SMILES string of the molecule is N#Cc1ccc(C2CCc3cncn32)c(N=O)c1. The highest BCUT2D eigenvalue weighted by molar-refractivity contribution is 5.53. The van der Waals surface area contributed by atoms with E-state index in [4.69, 9.17) is 5.26 Å². The molecule has 1 aliphatic rings. The fourth-order valence-electron chi connectivity index (χ4n) is 2.51. The summed E-state index contributed by atoms with van der Waals surface area (Å²) in [4.78, 5) is 15.0. The predicted molar refractivity (Wildman–Crippen MR) is 65.3 cm³/mol. The minimum absolute atomic E-state index is 0.0999. The van der Waals surface area contributed by atoms with Gasteiger partial charge in [-0.05, 0) is 30.2 Å². The Morgan fingerprint density at radius 3 is 3.17 bits per heavy atom. The number of imidazole rings is 1. The molecule has 2 aromatic rings. The van der Waals surface area contributed by atoms with Crippen molar-refractivity contribution in [2.45, 2.75) is 18.9 Å². The van der Waals surface area contributed by atoms with Crippen molar-refractivity contribution in [3.63, 3.8) is 0 Å². The van der Waals surface area contributed by atoms with Gasteiger partial charge in [0.15, 0.2) is 0 Å². The average molecular weight is 238 g/mol. The fourth-order valence-corrected chi connectivity index (χ4v) is 2.51. The molecular weight excluding hydrogens is 228 g/mol. The zero-order chi connectivity index (χ0) is 12.5. The van der Waals surface area contributed by atoms with Gasteiger partial charge in [0.05, 0.1) is 24.0 Å². The summed E-state index contributed by atoms with van der Waals surface area (Å²) in [7, 11) is 0.